The van der Waals surface area contributed by atoms with E-state index >= 15 is 0 Å². The summed E-state index contributed by atoms with van der Waals surface area (Å²) in [6.45, 7) is 8.94. The monoisotopic (exact) mass is 727 g/mol. The number of rotatable bonds is 12. The van der Waals surface area contributed by atoms with Crippen molar-refractivity contribution < 1.29 is 28.3 Å². The number of Topliss-reactive ketones (excluding diaryl/α,β-unsaturated/α-hetero) is 2. The molecule has 0 aliphatic heterocycles. The van der Waals surface area contributed by atoms with Crippen LogP contribution in [0.2, 0.25) is 0 Å². The third-order valence-corrected chi connectivity index (χ3v) is 10.1. The van der Waals surface area contributed by atoms with E-state index in [1.807, 2.05) is 72.9 Å². The van der Waals surface area contributed by atoms with E-state index in [4.69, 9.17) is 19.1 Å². The van der Waals surface area contributed by atoms with Gasteiger partial charge in [0.05, 0.1) is 24.1 Å². The van der Waals surface area contributed by atoms with Crippen LogP contribution in [0.1, 0.15) is 63.8 Å². The van der Waals surface area contributed by atoms with Crippen molar-refractivity contribution >= 4 is 29.2 Å². The lowest BCUT2D eigenvalue weighted by Crippen LogP contribution is -2.40. The molecular weight excluding hydrogens is 683 g/mol. The van der Waals surface area contributed by atoms with Gasteiger partial charge in [0, 0.05) is 79.5 Å². The second-order valence-corrected chi connectivity index (χ2v) is 14.5. The number of nitrogens with zero attached hydrogens (tertiary/aromatic N) is 5. The second-order valence-electron chi connectivity index (χ2n) is 14.5. The molecule has 1 aliphatic carbocycles. The molecular formula is C43H45N5O6. The third-order valence-electron chi connectivity index (χ3n) is 10.1. The number of allylic oxidation sites excluding steroid dienone is 4. The van der Waals surface area contributed by atoms with E-state index in [9.17, 15) is 19.2 Å². The van der Waals surface area contributed by atoms with Crippen molar-refractivity contribution in [3.05, 3.63) is 130 Å². The second kappa shape index (κ2) is 15.5. The van der Waals surface area contributed by atoms with Gasteiger partial charge < -0.3 is 19.0 Å². The maximum Gasteiger partial charge on any atom is 0.416 e. The van der Waals surface area contributed by atoms with Crippen molar-refractivity contribution in [2.75, 3.05) is 27.2 Å². The average molecular weight is 728 g/mol. The molecule has 0 atom stereocenters. The largest absolute Gasteiger partial charge is 0.469 e. The van der Waals surface area contributed by atoms with Crippen LogP contribution in [0, 0.1) is 5.41 Å². The molecule has 0 fully saturated rings. The molecule has 0 spiro atoms. The van der Waals surface area contributed by atoms with Gasteiger partial charge >= 0.3 is 6.09 Å². The molecule has 0 saturated carbocycles. The molecule has 0 saturated heterocycles. The summed E-state index contributed by atoms with van der Waals surface area (Å²) in [7, 11) is 3.26. The van der Waals surface area contributed by atoms with Gasteiger partial charge in [0.2, 0.25) is 11.8 Å². The van der Waals surface area contributed by atoms with Crippen LogP contribution in [0.5, 0.6) is 5.88 Å². The van der Waals surface area contributed by atoms with E-state index in [0.717, 1.165) is 11.1 Å². The molecule has 0 radical (unpaired) electrons. The fourth-order valence-electron chi connectivity index (χ4n) is 6.78. The van der Waals surface area contributed by atoms with Crippen LogP contribution >= 0.6 is 0 Å². The lowest BCUT2D eigenvalue weighted by molar-refractivity contribution is -0.132. The fraction of sp³-hybridized carbons (Fsp3) is 0.302. The Morgan fingerprint density at radius 3 is 2.09 bits per heavy atom. The van der Waals surface area contributed by atoms with Gasteiger partial charge in [-0.15, -0.1) is 0 Å². The van der Waals surface area contributed by atoms with Gasteiger partial charge in [-0.2, -0.15) is 0 Å². The van der Waals surface area contributed by atoms with Crippen molar-refractivity contribution in [3.8, 4) is 17.1 Å². The van der Waals surface area contributed by atoms with Gasteiger partial charge in [0.25, 0.3) is 0 Å². The fourth-order valence-corrected chi connectivity index (χ4v) is 6.78. The van der Waals surface area contributed by atoms with E-state index in [2.05, 4.69) is 0 Å². The topological polar surface area (TPSA) is 127 Å². The van der Waals surface area contributed by atoms with Crippen LogP contribution in [0.4, 0.5) is 4.79 Å². The number of ketones is 2. The molecule has 3 heterocycles. The Morgan fingerprint density at radius 1 is 0.778 bits per heavy atom. The summed E-state index contributed by atoms with van der Waals surface area (Å²) < 4.78 is 13.6. The molecule has 2 aromatic carbocycles. The summed E-state index contributed by atoms with van der Waals surface area (Å²) in [5.74, 6) is 0.299. The minimum absolute atomic E-state index is 0.0106. The smallest absolute Gasteiger partial charge is 0.416 e. The summed E-state index contributed by atoms with van der Waals surface area (Å²) in [5.41, 5.74) is 5.14. The molecule has 1 aliphatic rings. The number of carbonyl (C=O) groups is 4. The number of likely N-dealkylation sites (N-methyl/N-ethyl adjacent to an activating group) is 2. The SMILES string of the molecule is CC1=C(C)C(=O)C(C(C)(C)CC(=O)N(C)CCN(C)C(=O)Oc2c(Cc3ccco3)nc3c(Cc4ccccc4)nc(-c4ccccc4)cn23)=C(C)C1=O. The van der Waals surface area contributed by atoms with Crippen LogP contribution in [0.15, 0.2) is 112 Å². The molecule has 2 amide bonds. The molecule has 54 heavy (non-hydrogen) atoms. The number of furan rings is 1. The molecule has 5 aromatic rings. The first-order chi connectivity index (χ1) is 25.7. The zero-order valence-electron chi connectivity index (χ0n) is 31.8. The highest BCUT2D eigenvalue weighted by molar-refractivity contribution is 6.25. The van der Waals surface area contributed by atoms with Crippen molar-refractivity contribution in [2.45, 2.75) is 53.9 Å². The normalized spacial score (nSPS) is 13.5. The maximum absolute atomic E-state index is 13.8. The summed E-state index contributed by atoms with van der Waals surface area (Å²) >= 11 is 0. The lowest BCUT2D eigenvalue weighted by atomic mass is 9.71. The van der Waals surface area contributed by atoms with Gasteiger partial charge in [-0.25, -0.2) is 14.8 Å². The molecule has 11 heteroatoms. The van der Waals surface area contributed by atoms with Crippen LogP contribution in [-0.4, -0.2) is 74.9 Å². The van der Waals surface area contributed by atoms with Crippen molar-refractivity contribution in [1.29, 1.82) is 0 Å². The van der Waals surface area contributed by atoms with Crippen molar-refractivity contribution in [2.24, 2.45) is 5.41 Å². The van der Waals surface area contributed by atoms with Crippen molar-refractivity contribution in [3.63, 3.8) is 0 Å². The third kappa shape index (κ3) is 7.80. The van der Waals surface area contributed by atoms with E-state index in [0.29, 0.717) is 57.2 Å². The number of imidazole rings is 1. The summed E-state index contributed by atoms with van der Waals surface area (Å²) in [5, 5.41) is 0. The van der Waals surface area contributed by atoms with Gasteiger partial charge in [-0.05, 0) is 38.5 Å². The van der Waals surface area contributed by atoms with E-state index < -0.39 is 11.5 Å². The Balaban J connectivity index is 1.23. The number of benzene rings is 2. The predicted molar refractivity (Wildman–Crippen MR) is 205 cm³/mol. The van der Waals surface area contributed by atoms with Gasteiger partial charge in [0.15, 0.2) is 17.2 Å². The zero-order chi connectivity index (χ0) is 38.7. The number of hydrogen-bond donors (Lipinski definition) is 0. The quantitative estimate of drug-likeness (QED) is 0.123. The summed E-state index contributed by atoms with van der Waals surface area (Å²) in [6, 6.07) is 23.4. The van der Waals surface area contributed by atoms with Crippen LogP contribution < -0.4 is 4.74 Å². The Hall–Kier alpha value is -6.10. The minimum atomic E-state index is -0.880. The van der Waals surface area contributed by atoms with Gasteiger partial charge in [-0.3, -0.25) is 18.8 Å². The number of amides is 2. The van der Waals surface area contributed by atoms with Crippen LogP contribution in [-0.2, 0) is 27.2 Å². The first-order valence-corrected chi connectivity index (χ1v) is 17.9. The minimum Gasteiger partial charge on any atom is -0.469 e. The van der Waals surface area contributed by atoms with Gasteiger partial charge in [-0.1, -0.05) is 74.5 Å². The molecule has 3 aromatic heterocycles. The molecule has 278 valence electrons. The van der Waals surface area contributed by atoms with Crippen LogP contribution in [0.25, 0.3) is 16.9 Å². The van der Waals surface area contributed by atoms with Gasteiger partial charge in [0.1, 0.15) is 11.5 Å². The van der Waals surface area contributed by atoms with E-state index in [1.165, 1.54) is 9.80 Å². The van der Waals surface area contributed by atoms with E-state index in [-0.39, 0.29) is 49.3 Å². The maximum atomic E-state index is 13.8. The first kappa shape index (κ1) is 37.7. The van der Waals surface area contributed by atoms with Crippen molar-refractivity contribution in [1.82, 2.24) is 24.2 Å². The zero-order valence-corrected chi connectivity index (χ0v) is 31.8. The predicted octanol–water partition coefficient (Wildman–Crippen LogP) is 7.28. The number of fused-ring (bicyclic) bond motifs is 1. The lowest BCUT2D eigenvalue weighted by Gasteiger charge is -2.33. The molecule has 0 bridgehead atoms. The molecule has 0 unspecified atom stereocenters. The highest BCUT2D eigenvalue weighted by Crippen LogP contribution is 2.39. The molecule has 11 nitrogen and oxygen atoms in total. The Kier molecular flexibility index (Phi) is 10.8. The van der Waals surface area contributed by atoms with E-state index in [1.54, 1.807) is 65.4 Å². The first-order valence-electron chi connectivity index (χ1n) is 17.9. The number of carbonyl (C=O) groups excluding carboxylic acids is 4. The number of hydrogen-bond acceptors (Lipinski definition) is 8. The Morgan fingerprint density at radius 2 is 1.43 bits per heavy atom. The number of aromatic nitrogens is 3. The average Bonchev–Trinajstić information content (AvgIpc) is 3.80. The molecule has 6 rings (SSSR count). The highest BCUT2D eigenvalue weighted by Gasteiger charge is 2.39. The standard InChI is InChI=1S/C43H45N5O6/c1-27-28(2)39(51)37(29(3)38(27)50)43(4,5)25-36(49)46(6)20-21-47(7)42(52)54-41-34(24-32-19-14-22-53-32)45-40-33(23-30-15-10-8-11-16-30)44-35(26-48(40)41)31-17-12-9-13-18-31/h8-19,22,26H,20-21,23-25H2,1-7H3. The Bertz CT molecular complexity index is 2280. The molecule has 0 N–H and O–H groups in total. The summed E-state index contributed by atoms with van der Waals surface area (Å²) in [6.07, 6.45) is 3.57. The summed E-state index contributed by atoms with van der Waals surface area (Å²) in [4.78, 5) is 66.2. The highest BCUT2D eigenvalue weighted by atomic mass is 16.6. The Labute approximate surface area is 315 Å². The van der Waals surface area contributed by atoms with Crippen LogP contribution in [0.3, 0.4) is 0 Å². The number of ether oxygens (including phenoxy) is 1.